The van der Waals surface area contributed by atoms with Gasteiger partial charge < -0.3 is 0 Å². The van der Waals surface area contributed by atoms with E-state index in [-0.39, 0.29) is 0 Å². The van der Waals surface area contributed by atoms with Crippen LogP contribution in [0.4, 0.5) is 0 Å². The Balaban J connectivity index is 3.29. The van der Waals surface area contributed by atoms with Crippen molar-refractivity contribution in [3.8, 4) is 0 Å². The van der Waals surface area contributed by atoms with E-state index in [1.807, 2.05) is 0 Å². The summed E-state index contributed by atoms with van der Waals surface area (Å²) in [6, 6.07) is 0. The molecule has 1 unspecified atom stereocenters. The smallest absolute Gasteiger partial charge is 0.0920 e. The van der Waals surface area contributed by atoms with Gasteiger partial charge in [-0.3, -0.25) is 0 Å². The predicted octanol–water partition coefficient (Wildman–Crippen LogP) is 6.94. The molecule has 0 saturated heterocycles. The van der Waals surface area contributed by atoms with Crippen LogP contribution >= 0.6 is 0 Å². The molecule has 0 aliphatic carbocycles. The van der Waals surface area contributed by atoms with Crippen LogP contribution in [0.3, 0.4) is 0 Å². The Kier molecular flexibility index (Phi) is 19.4. The predicted molar refractivity (Wildman–Crippen MR) is 108 cm³/mol. The molecular formula is C19H40B3. The molecule has 0 heterocycles. The van der Waals surface area contributed by atoms with Crippen molar-refractivity contribution in [1.82, 2.24) is 0 Å². The Morgan fingerprint density at radius 1 is 0.500 bits per heavy atom. The third-order valence-corrected chi connectivity index (χ3v) is 4.86. The van der Waals surface area contributed by atoms with E-state index >= 15 is 0 Å². The molecule has 0 amide bonds. The Bertz CT molecular complexity index is 197. The van der Waals surface area contributed by atoms with Crippen LogP contribution in [0, 0.1) is 0 Å². The topological polar surface area (TPSA) is 0 Å². The van der Waals surface area contributed by atoms with Gasteiger partial charge in [0.15, 0.2) is 0 Å². The monoisotopic (exact) mass is 301 g/mol. The lowest BCUT2D eigenvalue weighted by Crippen LogP contribution is -2.00. The van der Waals surface area contributed by atoms with Crippen molar-refractivity contribution in [3.05, 3.63) is 0 Å². The fourth-order valence-electron chi connectivity index (χ4n) is 3.23. The van der Waals surface area contributed by atoms with E-state index < -0.39 is 0 Å². The SMILES string of the molecule is C[B]CCCCCCCCC([B]C)CCCCCCC[B]C. The van der Waals surface area contributed by atoms with E-state index in [1.54, 1.807) is 0 Å². The van der Waals surface area contributed by atoms with Gasteiger partial charge in [-0.1, -0.05) is 122 Å². The zero-order chi connectivity index (χ0) is 16.3. The highest BCUT2D eigenvalue weighted by Gasteiger charge is 2.06. The first-order chi connectivity index (χ1) is 10.8. The lowest BCUT2D eigenvalue weighted by Gasteiger charge is -2.14. The van der Waals surface area contributed by atoms with Gasteiger partial charge in [0.25, 0.3) is 0 Å². The molecule has 0 aromatic heterocycles. The second-order valence-corrected chi connectivity index (χ2v) is 6.95. The lowest BCUT2D eigenvalue weighted by atomic mass is 9.63. The summed E-state index contributed by atoms with van der Waals surface area (Å²) in [7, 11) is 7.05. The zero-order valence-electron chi connectivity index (χ0n) is 15.9. The molecule has 0 bridgehead atoms. The minimum atomic E-state index is 0.888. The molecular weight excluding hydrogens is 261 g/mol. The third-order valence-electron chi connectivity index (χ3n) is 4.86. The summed E-state index contributed by atoms with van der Waals surface area (Å²) in [5.41, 5.74) is 0. The zero-order valence-corrected chi connectivity index (χ0v) is 15.9. The molecule has 0 fully saturated rings. The molecule has 0 aromatic rings. The maximum absolute atomic E-state index is 2.46. The van der Waals surface area contributed by atoms with Crippen LogP contribution in [-0.2, 0) is 0 Å². The summed E-state index contributed by atoms with van der Waals surface area (Å²) in [6.45, 7) is 6.61. The second-order valence-electron chi connectivity index (χ2n) is 6.95. The maximum atomic E-state index is 2.46. The summed E-state index contributed by atoms with van der Waals surface area (Å²) < 4.78 is 0. The van der Waals surface area contributed by atoms with Gasteiger partial charge in [0, 0.05) is 0 Å². The maximum Gasteiger partial charge on any atom is 0.110 e. The van der Waals surface area contributed by atoms with Crippen LogP contribution in [-0.4, -0.2) is 21.8 Å². The molecule has 3 heteroatoms. The van der Waals surface area contributed by atoms with Gasteiger partial charge in [-0.15, -0.1) is 0 Å². The summed E-state index contributed by atoms with van der Waals surface area (Å²) in [5, 5.41) is 0. The summed E-state index contributed by atoms with van der Waals surface area (Å²) in [4.78, 5) is 0. The molecule has 0 nitrogen and oxygen atoms in total. The van der Waals surface area contributed by atoms with Crippen molar-refractivity contribution in [2.75, 3.05) is 0 Å². The van der Waals surface area contributed by atoms with Gasteiger partial charge >= 0.3 is 0 Å². The first kappa shape index (κ1) is 22.2. The van der Waals surface area contributed by atoms with E-state index in [1.165, 1.54) is 96.1 Å². The molecule has 1 atom stereocenters. The van der Waals surface area contributed by atoms with Gasteiger partial charge in [-0.05, 0) is 0 Å². The van der Waals surface area contributed by atoms with Crippen molar-refractivity contribution < 1.29 is 0 Å². The highest BCUT2D eigenvalue weighted by molar-refractivity contribution is 6.35. The second kappa shape index (κ2) is 19.2. The van der Waals surface area contributed by atoms with Crippen molar-refractivity contribution in [2.45, 2.75) is 122 Å². The molecule has 0 N–H and O–H groups in total. The van der Waals surface area contributed by atoms with Gasteiger partial charge in [-0.25, -0.2) is 0 Å². The van der Waals surface area contributed by atoms with Crippen molar-refractivity contribution in [2.24, 2.45) is 0 Å². The lowest BCUT2D eigenvalue weighted by molar-refractivity contribution is 0.536. The Hall–Kier alpha value is 0.195. The average molecular weight is 301 g/mol. The Morgan fingerprint density at radius 2 is 0.864 bits per heavy atom. The normalized spacial score (nSPS) is 12.1. The van der Waals surface area contributed by atoms with E-state index in [9.17, 15) is 0 Å². The molecule has 0 aliphatic rings. The van der Waals surface area contributed by atoms with Gasteiger partial charge in [-0.2, -0.15) is 0 Å². The largest absolute Gasteiger partial charge is 0.110 e. The molecule has 0 rings (SSSR count). The fraction of sp³-hybridized carbons (Fsp3) is 1.00. The van der Waals surface area contributed by atoms with Gasteiger partial charge in [0.05, 0.1) is 0 Å². The number of unbranched alkanes of at least 4 members (excludes halogenated alkanes) is 9. The summed E-state index contributed by atoms with van der Waals surface area (Å²) in [6.07, 6.45) is 21.3. The summed E-state index contributed by atoms with van der Waals surface area (Å²) in [5.74, 6) is 0.888. The minimum Gasteiger partial charge on any atom is -0.0920 e. The molecule has 0 spiro atoms. The van der Waals surface area contributed by atoms with Crippen LogP contribution in [0.5, 0.6) is 0 Å². The number of hydrogen-bond acceptors (Lipinski definition) is 0. The van der Waals surface area contributed by atoms with Crippen LogP contribution in [0.15, 0.2) is 0 Å². The van der Waals surface area contributed by atoms with E-state index in [0.717, 1.165) is 5.82 Å². The van der Waals surface area contributed by atoms with E-state index in [0.29, 0.717) is 0 Å². The molecule has 3 radical (unpaired) electrons. The Labute approximate surface area is 144 Å². The summed E-state index contributed by atoms with van der Waals surface area (Å²) >= 11 is 0. The van der Waals surface area contributed by atoms with E-state index in [2.05, 4.69) is 42.3 Å². The van der Waals surface area contributed by atoms with Gasteiger partial charge in [0.1, 0.15) is 21.8 Å². The van der Waals surface area contributed by atoms with Crippen molar-refractivity contribution >= 4 is 21.8 Å². The molecule has 125 valence electrons. The molecule has 0 saturated carbocycles. The average Bonchev–Trinajstić information content (AvgIpc) is 2.54. The first-order valence-corrected chi connectivity index (χ1v) is 10.2. The quantitative estimate of drug-likeness (QED) is 0.190. The standard InChI is InChI=1S/C19H40B3/c1-20-17-13-9-5-4-7-11-15-19(22-3)16-12-8-6-10-14-18-21-2/h19H,4-18H2,1-3H3. The number of rotatable bonds is 18. The van der Waals surface area contributed by atoms with Crippen LogP contribution in [0.2, 0.25) is 38.9 Å². The van der Waals surface area contributed by atoms with Crippen LogP contribution < -0.4 is 0 Å². The third kappa shape index (κ3) is 16.6. The molecule has 0 aliphatic heterocycles. The van der Waals surface area contributed by atoms with Crippen LogP contribution in [0.25, 0.3) is 0 Å². The Morgan fingerprint density at radius 3 is 1.23 bits per heavy atom. The van der Waals surface area contributed by atoms with Gasteiger partial charge in [0.2, 0.25) is 0 Å². The highest BCUT2D eigenvalue weighted by atomic mass is 14.0. The van der Waals surface area contributed by atoms with E-state index in [4.69, 9.17) is 0 Å². The molecule has 22 heavy (non-hydrogen) atoms. The van der Waals surface area contributed by atoms with Crippen molar-refractivity contribution in [1.29, 1.82) is 0 Å². The van der Waals surface area contributed by atoms with Crippen molar-refractivity contribution in [3.63, 3.8) is 0 Å². The minimum absolute atomic E-state index is 0.888. The fourth-order valence-corrected chi connectivity index (χ4v) is 3.23. The number of hydrogen-bond donors (Lipinski definition) is 0. The molecule has 0 aromatic carbocycles. The highest BCUT2D eigenvalue weighted by Crippen LogP contribution is 2.23. The first-order valence-electron chi connectivity index (χ1n) is 10.2. The van der Waals surface area contributed by atoms with Crippen LogP contribution in [0.1, 0.15) is 83.5 Å².